The molecule has 44 heavy (non-hydrogen) atoms. The van der Waals surface area contributed by atoms with Crippen LogP contribution >= 0.6 is 0 Å². The van der Waals surface area contributed by atoms with Crippen molar-refractivity contribution in [1.82, 2.24) is 0 Å². The Hall–Kier alpha value is -5.57. The number of methoxy groups -OCH3 is 2. The molecular formula is C35H26N2O7. The van der Waals surface area contributed by atoms with Crippen LogP contribution in [-0.4, -0.2) is 48.6 Å². The number of anilines is 1. The molecule has 1 aliphatic carbocycles. The van der Waals surface area contributed by atoms with E-state index < -0.39 is 34.1 Å². The average molecular weight is 587 g/mol. The molecule has 9 nitrogen and oxygen atoms in total. The Morgan fingerprint density at radius 1 is 0.864 bits per heavy atom. The van der Waals surface area contributed by atoms with E-state index in [9.17, 15) is 24.5 Å². The van der Waals surface area contributed by atoms with E-state index in [1.165, 1.54) is 38.5 Å². The van der Waals surface area contributed by atoms with Crippen LogP contribution < -0.4 is 14.4 Å². The van der Waals surface area contributed by atoms with Crippen molar-refractivity contribution in [1.29, 1.82) is 0 Å². The number of benzene rings is 4. The smallest absolute Gasteiger partial charge is 0.270 e. The number of ketones is 3. The Morgan fingerprint density at radius 3 is 2.23 bits per heavy atom. The minimum absolute atomic E-state index is 0.0920. The Morgan fingerprint density at radius 2 is 1.55 bits per heavy atom. The van der Waals surface area contributed by atoms with Gasteiger partial charge in [0.05, 0.1) is 25.2 Å². The van der Waals surface area contributed by atoms with E-state index in [-0.39, 0.29) is 22.8 Å². The number of nitro benzene ring substituents is 1. The van der Waals surface area contributed by atoms with Crippen LogP contribution in [0.3, 0.4) is 0 Å². The highest BCUT2D eigenvalue weighted by atomic mass is 16.6. The number of nitro groups is 1. The average Bonchev–Trinajstić information content (AvgIpc) is 3.49. The number of rotatable bonds is 6. The third-order valence-electron chi connectivity index (χ3n) is 9.09. The van der Waals surface area contributed by atoms with Gasteiger partial charge in [0.1, 0.15) is 11.5 Å². The van der Waals surface area contributed by atoms with Crippen LogP contribution in [0, 0.1) is 15.5 Å². The first kappa shape index (κ1) is 27.3. The van der Waals surface area contributed by atoms with Gasteiger partial charge < -0.3 is 14.4 Å². The molecule has 0 amide bonds. The molecule has 2 heterocycles. The second-order valence-corrected chi connectivity index (χ2v) is 11.0. The highest BCUT2D eigenvalue weighted by molar-refractivity contribution is 6.32. The van der Waals surface area contributed by atoms with E-state index in [1.54, 1.807) is 42.5 Å². The molecule has 9 heteroatoms. The van der Waals surface area contributed by atoms with Crippen LogP contribution in [0.25, 0.3) is 6.08 Å². The van der Waals surface area contributed by atoms with Crippen molar-refractivity contribution >= 4 is 34.8 Å². The zero-order valence-corrected chi connectivity index (χ0v) is 23.8. The summed E-state index contributed by atoms with van der Waals surface area (Å²) in [4.78, 5) is 57.5. The van der Waals surface area contributed by atoms with Gasteiger partial charge in [-0.25, -0.2) is 0 Å². The number of hydrogen-bond donors (Lipinski definition) is 0. The fourth-order valence-electron chi connectivity index (χ4n) is 7.36. The van der Waals surface area contributed by atoms with E-state index >= 15 is 0 Å². The molecule has 0 bridgehead atoms. The molecule has 4 aromatic carbocycles. The molecular weight excluding hydrogens is 560 g/mol. The van der Waals surface area contributed by atoms with Gasteiger partial charge in [0.15, 0.2) is 28.8 Å². The number of carbonyl (C=O) groups is 3. The van der Waals surface area contributed by atoms with Gasteiger partial charge in [-0.15, -0.1) is 0 Å². The van der Waals surface area contributed by atoms with Gasteiger partial charge >= 0.3 is 0 Å². The summed E-state index contributed by atoms with van der Waals surface area (Å²) in [5, 5.41) is 11.7. The second-order valence-electron chi connectivity index (χ2n) is 11.0. The molecule has 3 atom stereocenters. The highest BCUT2D eigenvalue weighted by Crippen LogP contribution is 2.62. The third kappa shape index (κ3) is 3.55. The van der Waals surface area contributed by atoms with Gasteiger partial charge in [-0.3, -0.25) is 24.5 Å². The SMILES string of the molecule is COc1cccc([C@@H]2[C@H](C(=O)c3cccc([N+](=O)[O-])c3)N3c4ccccc4C=C[C@H]3C23C(=O)c2ccccc2C3=O)c1OC. The molecule has 2 aliphatic heterocycles. The summed E-state index contributed by atoms with van der Waals surface area (Å²) in [6.45, 7) is 0. The molecule has 3 aliphatic rings. The zero-order valence-electron chi connectivity index (χ0n) is 23.8. The number of hydrogen-bond acceptors (Lipinski definition) is 8. The summed E-state index contributed by atoms with van der Waals surface area (Å²) < 4.78 is 11.5. The number of carbonyl (C=O) groups excluding carboxylic acids is 3. The molecule has 0 saturated carbocycles. The topological polar surface area (TPSA) is 116 Å². The van der Waals surface area contributed by atoms with Gasteiger partial charge in [-0.2, -0.15) is 0 Å². The van der Waals surface area contributed by atoms with Crippen LogP contribution in [-0.2, 0) is 0 Å². The molecule has 0 radical (unpaired) electrons. The molecule has 0 aromatic heterocycles. The third-order valence-corrected chi connectivity index (χ3v) is 9.09. The van der Waals surface area contributed by atoms with Crippen molar-refractivity contribution in [3.63, 3.8) is 0 Å². The van der Waals surface area contributed by atoms with Crippen molar-refractivity contribution < 1.29 is 28.8 Å². The lowest BCUT2D eigenvalue weighted by molar-refractivity contribution is -0.384. The minimum atomic E-state index is -1.76. The molecule has 0 unspecified atom stereocenters. The van der Waals surface area contributed by atoms with Gasteiger partial charge in [-0.1, -0.05) is 78.9 Å². The number of Topliss-reactive ketones (excluding diaryl/α,β-unsaturated/α-hetero) is 3. The Balaban J connectivity index is 1.58. The monoisotopic (exact) mass is 586 g/mol. The first-order valence-corrected chi connectivity index (χ1v) is 14.1. The maximum Gasteiger partial charge on any atom is 0.270 e. The molecule has 4 aromatic rings. The molecule has 1 fully saturated rings. The van der Waals surface area contributed by atoms with Gasteiger partial charge in [0.25, 0.3) is 5.69 Å². The standard InChI is InChI=1S/C35H26N2O7/c1-43-27-16-8-14-25(32(27)44-2)29-30(31(38)21-10-7-11-22(19-21)37(41)42)36-26-15-6-3-9-20(26)17-18-28(36)35(29)33(39)23-12-4-5-13-24(23)34(35)40/h3-19,28-30H,1-2H3/t28-,29+,30+/m0/s1. The van der Waals surface area contributed by atoms with E-state index in [0.29, 0.717) is 33.9 Å². The quantitative estimate of drug-likeness (QED) is 0.118. The van der Waals surface area contributed by atoms with E-state index in [0.717, 1.165) is 5.56 Å². The van der Waals surface area contributed by atoms with E-state index in [4.69, 9.17) is 9.47 Å². The summed E-state index contributed by atoms with van der Waals surface area (Å²) in [5.74, 6) is -1.63. The maximum absolute atomic E-state index is 14.9. The summed E-state index contributed by atoms with van der Waals surface area (Å²) in [6.07, 6.45) is 3.70. The lowest BCUT2D eigenvalue weighted by atomic mass is 9.64. The van der Waals surface area contributed by atoms with Crippen LogP contribution in [0.2, 0.25) is 0 Å². The Kier molecular flexibility index (Phi) is 6.21. The number of para-hydroxylation sites is 2. The fraction of sp³-hybridized carbons (Fsp3) is 0.171. The van der Waals surface area contributed by atoms with Gasteiger partial charge in [-0.05, 0) is 17.7 Å². The molecule has 7 rings (SSSR count). The van der Waals surface area contributed by atoms with Crippen molar-refractivity contribution in [2.24, 2.45) is 5.41 Å². The zero-order chi connectivity index (χ0) is 30.7. The first-order chi connectivity index (χ1) is 21.3. The molecule has 0 N–H and O–H groups in total. The van der Waals surface area contributed by atoms with E-state index in [2.05, 4.69) is 0 Å². The largest absolute Gasteiger partial charge is 0.493 e. The Labute approximate surface area is 252 Å². The van der Waals surface area contributed by atoms with Crippen LogP contribution in [0.5, 0.6) is 11.5 Å². The summed E-state index contributed by atoms with van der Waals surface area (Å²) in [6, 6.07) is 22.9. The number of non-ortho nitro benzene ring substituents is 1. The number of nitrogens with zero attached hydrogens (tertiary/aromatic N) is 2. The van der Waals surface area contributed by atoms with Crippen molar-refractivity contribution in [3.8, 4) is 11.5 Å². The first-order valence-electron chi connectivity index (χ1n) is 14.1. The fourth-order valence-corrected chi connectivity index (χ4v) is 7.36. The van der Waals surface area contributed by atoms with Gasteiger partial charge in [0.2, 0.25) is 0 Å². The predicted molar refractivity (Wildman–Crippen MR) is 163 cm³/mol. The maximum atomic E-state index is 14.9. The van der Waals surface area contributed by atoms with Crippen molar-refractivity contribution in [2.45, 2.75) is 18.0 Å². The second kappa shape index (κ2) is 10.0. The molecule has 1 saturated heterocycles. The van der Waals surface area contributed by atoms with Crippen LogP contribution in [0.4, 0.5) is 11.4 Å². The number of ether oxygens (including phenoxy) is 2. The van der Waals surface area contributed by atoms with Crippen molar-refractivity contribution in [2.75, 3.05) is 19.1 Å². The highest BCUT2D eigenvalue weighted by Gasteiger charge is 2.72. The summed E-state index contributed by atoms with van der Waals surface area (Å²) in [7, 11) is 2.96. The lowest BCUT2D eigenvalue weighted by Crippen LogP contribution is -2.48. The molecule has 1 spiro atoms. The van der Waals surface area contributed by atoms with Gasteiger partial charge in [0, 0.05) is 46.0 Å². The van der Waals surface area contributed by atoms with Crippen LogP contribution in [0.1, 0.15) is 48.1 Å². The van der Waals surface area contributed by atoms with Crippen LogP contribution in [0.15, 0.2) is 97.1 Å². The molecule has 218 valence electrons. The minimum Gasteiger partial charge on any atom is -0.493 e. The van der Waals surface area contributed by atoms with Crippen molar-refractivity contribution in [3.05, 3.63) is 135 Å². The Bertz CT molecular complexity index is 1890. The summed E-state index contributed by atoms with van der Waals surface area (Å²) >= 11 is 0. The lowest BCUT2D eigenvalue weighted by Gasteiger charge is -2.37. The normalized spacial score (nSPS) is 20.7. The number of fused-ring (bicyclic) bond motifs is 5. The van der Waals surface area contributed by atoms with E-state index in [1.807, 2.05) is 41.3 Å². The summed E-state index contributed by atoms with van der Waals surface area (Å²) in [5.41, 5.74) is 0.609. The predicted octanol–water partition coefficient (Wildman–Crippen LogP) is 5.93.